The van der Waals surface area contributed by atoms with E-state index < -0.39 is 15.9 Å². The number of benzene rings is 1. The number of aryl methyl sites for hydroxylation is 2. The molecule has 0 aliphatic heterocycles. The third-order valence-electron chi connectivity index (χ3n) is 4.04. The number of nitrogens with one attached hydrogen (secondary N) is 1. The van der Waals surface area contributed by atoms with Crippen molar-refractivity contribution in [3.63, 3.8) is 0 Å². The predicted octanol–water partition coefficient (Wildman–Crippen LogP) is 2.85. The van der Waals surface area contributed by atoms with Gasteiger partial charge < -0.3 is 9.84 Å². The Bertz CT molecular complexity index is 874. The van der Waals surface area contributed by atoms with Gasteiger partial charge in [0.15, 0.2) is 5.76 Å². The first-order valence-electron chi connectivity index (χ1n) is 8.22. The van der Waals surface area contributed by atoms with E-state index in [-0.39, 0.29) is 28.3 Å². The zero-order valence-electron chi connectivity index (χ0n) is 16.0. The molecule has 0 saturated carbocycles. The molecule has 0 unspecified atom stereocenters. The zero-order valence-corrected chi connectivity index (χ0v) is 16.8. The smallest absolute Gasteiger partial charge is 0.248 e. The quantitative estimate of drug-likeness (QED) is 0.862. The van der Waals surface area contributed by atoms with Gasteiger partial charge in [-0.15, -0.1) is 0 Å². The molecule has 1 aromatic heterocycles. The Morgan fingerprint density at radius 2 is 1.77 bits per heavy atom. The van der Waals surface area contributed by atoms with Crippen molar-refractivity contribution in [2.24, 2.45) is 0 Å². The number of sulfonamides is 1. The van der Waals surface area contributed by atoms with Crippen molar-refractivity contribution in [2.45, 2.75) is 44.9 Å². The van der Waals surface area contributed by atoms with Crippen LogP contribution in [-0.2, 0) is 20.2 Å². The number of aromatic nitrogens is 1. The summed E-state index contributed by atoms with van der Waals surface area (Å²) in [4.78, 5) is 12.2. The van der Waals surface area contributed by atoms with Crippen LogP contribution in [0.2, 0.25) is 0 Å². The van der Waals surface area contributed by atoms with Crippen LogP contribution in [0.15, 0.2) is 33.7 Å². The van der Waals surface area contributed by atoms with Crippen molar-refractivity contribution in [2.75, 3.05) is 18.9 Å². The van der Waals surface area contributed by atoms with Crippen LogP contribution in [0.1, 0.15) is 37.8 Å². The van der Waals surface area contributed by atoms with Crippen molar-refractivity contribution in [1.82, 2.24) is 9.46 Å². The van der Waals surface area contributed by atoms with E-state index in [4.69, 9.17) is 4.52 Å². The highest BCUT2D eigenvalue weighted by molar-refractivity contribution is 7.89. The number of likely N-dealkylation sites (N-methyl/N-ethyl adjacent to an activating group) is 1. The van der Waals surface area contributed by atoms with Crippen LogP contribution in [-0.4, -0.2) is 37.4 Å². The number of carbonyl (C=O) groups excluding carboxylic acids is 1. The lowest BCUT2D eigenvalue weighted by Gasteiger charge is -2.19. The highest BCUT2D eigenvalue weighted by atomic mass is 32.2. The lowest BCUT2D eigenvalue weighted by atomic mass is 9.87. The Morgan fingerprint density at radius 1 is 1.19 bits per heavy atom. The molecule has 0 atom stereocenters. The lowest BCUT2D eigenvalue weighted by molar-refractivity contribution is -0.116. The van der Waals surface area contributed by atoms with E-state index >= 15 is 0 Å². The normalized spacial score (nSPS) is 12.4. The maximum absolute atomic E-state index is 12.6. The van der Waals surface area contributed by atoms with Gasteiger partial charge in [0.2, 0.25) is 15.9 Å². The van der Waals surface area contributed by atoms with Crippen molar-refractivity contribution < 1.29 is 17.7 Å². The van der Waals surface area contributed by atoms with Crippen molar-refractivity contribution >= 4 is 21.6 Å². The molecule has 2 rings (SSSR count). The first kappa shape index (κ1) is 20.1. The number of anilines is 1. The average molecular weight is 379 g/mol. The number of rotatable bonds is 5. The summed E-state index contributed by atoms with van der Waals surface area (Å²) in [6.07, 6.45) is 0. The van der Waals surface area contributed by atoms with Crippen LogP contribution in [0, 0.1) is 13.8 Å². The molecular formula is C18H25N3O4S. The van der Waals surface area contributed by atoms with Crippen LogP contribution < -0.4 is 5.32 Å². The van der Waals surface area contributed by atoms with Gasteiger partial charge >= 0.3 is 0 Å². The van der Waals surface area contributed by atoms with Crippen molar-refractivity contribution in [3.05, 3.63) is 41.3 Å². The summed E-state index contributed by atoms with van der Waals surface area (Å²) in [5.74, 6) is -0.223. The van der Waals surface area contributed by atoms with E-state index in [1.807, 2.05) is 12.1 Å². The minimum Gasteiger partial charge on any atom is -0.360 e. The highest BCUT2D eigenvalue weighted by Gasteiger charge is 2.29. The van der Waals surface area contributed by atoms with Gasteiger partial charge in [-0.2, -0.15) is 4.31 Å². The van der Waals surface area contributed by atoms with Gasteiger partial charge in [0.05, 0.1) is 6.54 Å². The second-order valence-electron chi connectivity index (χ2n) is 7.29. The molecule has 8 heteroatoms. The summed E-state index contributed by atoms with van der Waals surface area (Å²) in [6, 6.07) is 7.50. The molecule has 0 aliphatic rings. The maximum Gasteiger partial charge on any atom is 0.248 e. The van der Waals surface area contributed by atoms with Gasteiger partial charge in [-0.3, -0.25) is 4.79 Å². The molecule has 0 aliphatic carbocycles. The van der Waals surface area contributed by atoms with Gasteiger partial charge in [-0.05, 0) is 37.0 Å². The third-order valence-corrected chi connectivity index (χ3v) is 6.09. The fourth-order valence-corrected chi connectivity index (χ4v) is 3.95. The van der Waals surface area contributed by atoms with Crippen molar-refractivity contribution in [3.8, 4) is 0 Å². The molecule has 0 fully saturated rings. The molecule has 1 aromatic carbocycles. The molecule has 0 spiro atoms. The minimum absolute atomic E-state index is 0.00216. The van der Waals surface area contributed by atoms with E-state index in [9.17, 15) is 13.2 Å². The van der Waals surface area contributed by atoms with E-state index in [0.717, 1.165) is 9.87 Å². The summed E-state index contributed by atoms with van der Waals surface area (Å²) in [5.41, 5.74) is 2.05. The molecular weight excluding hydrogens is 354 g/mol. The number of amides is 1. The molecule has 2 aromatic rings. The number of hydrogen-bond donors (Lipinski definition) is 1. The Balaban J connectivity index is 2.08. The van der Waals surface area contributed by atoms with Gasteiger partial charge in [0.25, 0.3) is 0 Å². The summed E-state index contributed by atoms with van der Waals surface area (Å²) in [6.45, 7) is 9.08. The van der Waals surface area contributed by atoms with E-state index in [1.165, 1.54) is 14.0 Å². The molecule has 0 saturated heterocycles. The highest BCUT2D eigenvalue weighted by Crippen LogP contribution is 2.24. The Kier molecular flexibility index (Phi) is 5.58. The van der Waals surface area contributed by atoms with Gasteiger partial charge in [0.1, 0.15) is 10.6 Å². The first-order chi connectivity index (χ1) is 11.9. The molecule has 1 heterocycles. The van der Waals surface area contributed by atoms with Gasteiger partial charge in [-0.1, -0.05) is 38.1 Å². The van der Waals surface area contributed by atoms with Gasteiger partial charge in [-0.25, -0.2) is 8.42 Å². The monoisotopic (exact) mass is 379 g/mol. The standard InChI is InChI=1S/C18H25N3O4S/c1-12-17(13(2)25-20-12)26(23,24)21(6)11-16(22)19-15-9-7-14(8-10-15)18(3,4)5/h7-10H,11H2,1-6H3,(H,19,22). The fraction of sp³-hybridized carbons (Fsp3) is 0.444. The molecule has 1 N–H and O–H groups in total. The number of nitrogens with zero attached hydrogens (tertiary/aromatic N) is 2. The van der Waals surface area contributed by atoms with Crippen LogP contribution >= 0.6 is 0 Å². The molecule has 0 bridgehead atoms. The minimum atomic E-state index is -3.85. The predicted molar refractivity (Wildman–Crippen MR) is 99.6 cm³/mol. The Morgan fingerprint density at radius 3 is 2.23 bits per heavy atom. The summed E-state index contributed by atoms with van der Waals surface area (Å²) < 4.78 is 31.1. The second kappa shape index (κ2) is 7.20. The summed E-state index contributed by atoms with van der Waals surface area (Å²) in [5, 5.41) is 6.37. The third kappa shape index (κ3) is 4.31. The fourth-order valence-electron chi connectivity index (χ4n) is 2.54. The first-order valence-corrected chi connectivity index (χ1v) is 9.66. The Labute approximate surface area is 154 Å². The molecule has 0 radical (unpaired) electrons. The van der Waals surface area contributed by atoms with Crippen LogP contribution in [0.25, 0.3) is 0 Å². The maximum atomic E-state index is 12.6. The zero-order chi connectivity index (χ0) is 19.7. The molecule has 1 amide bonds. The van der Waals surface area contributed by atoms with Crippen LogP contribution in [0.5, 0.6) is 0 Å². The SMILES string of the molecule is Cc1noc(C)c1S(=O)(=O)N(C)CC(=O)Nc1ccc(C(C)(C)C)cc1. The second-order valence-corrected chi connectivity index (χ2v) is 9.27. The van der Waals surface area contributed by atoms with Crippen molar-refractivity contribution in [1.29, 1.82) is 0 Å². The van der Waals surface area contributed by atoms with Crippen LogP contribution in [0.4, 0.5) is 5.69 Å². The van der Waals surface area contributed by atoms with Crippen LogP contribution in [0.3, 0.4) is 0 Å². The largest absolute Gasteiger partial charge is 0.360 e. The summed E-state index contributed by atoms with van der Waals surface area (Å²) >= 11 is 0. The molecule has 7 nitrogen and oxygen atoms in total. The lowest BCUT2D eigenvalue weighted by Crippen LogP contribution is -2.35. The Hall–Kier alpha value is -2.19. The van der Waals surface area contributed by atoms with E-state index in [0.29, 0.717) is 5.69 Å². The molecule has 26 heavy (non-hydrogen) atoms. The number of hydrogen-bond acceptors (Lipinski definition) is 5. The van der Waals surface area contributed by atoms with Gasteiger partial charge in [0, 0.05) is 12.7 Å². The topological polar surface area (TPSA) is 92.5 Å². The molecule has 142 valence electrons. The van der Waals surface area contributed by atoms with E-state index in [2.05, 4.69) is 31.2 Å². The van der Waals surface area contributed by atoms with E-state index in [1.54, 1.807) is 19.1 Å². The summed E-state index contributed by atoms with van der Waals surface area (Å²) in [7, 11) is -2.50. The number of carbonyl (C=O) groups is 1. The average Bonchev–Trinajstić information content (AvgIpc) is 2.86.